The smallest absolute Gasteiger partial charge is 0.323 e. The van der Waals surface area contributed by atoms with E-state index in [1.54, 1.807) is 110 Å². The van der Waals surface area contributed by atoms with Gasteiger partial charge in [0, 0.05) is 175 Å². The summed E-state index contributed by atoms with van der Waals surface area (Å²) in [5, 5.41) is 44.7. The lowest BCUT2D eigenvalue weighted by Gasteiger charge is -2.29. The van der Waals surface area contributed by atoms with Gasteiger partial charge in [-0.1, -0.05) is 81.7 Å². The largest absolute Gasteiger partial charge is 0.481 e. The second kappa shape index (κ2) is 93.1. The van der Waals surface area contributed by atoms with Crippen LogP contribution in [-0.4, -0.2) is 430 Å². The van der Waals surface area contributed by atoms with Crippen LogP contribution in [0.5, 0.6) is 0 Å². The number of hydrogen-bond donors (Lipinski definition) is 6. The topological polar surface area (TPSA) is 635 Å². The number of carboxylic acids is 6. The van der Waals surface area contributed by atoms with E-state index in [2.05, 4.69) is 0 Å². The van der Waals surface area contributed by atoms with Crippen LogP contribution in [0.3, 0.4) is 0 Å². The minimum absolute atomic E-state index is 0. The predicted molar refractivity (Wildman–Crippen MR) is 613 cm³/mol. The van der Waals surface area contributed by atoms with E-state index >= 15 is 0 Å². The van der Waals surface area contributed by atoms with E-state index in [1.165, 1.54) is 87.0 Å². The molecule has 0 aromatic rings. The molecule has 6 fully saturated rings. The summed E-state index contributed by atoms with van der Waals surface area (Å²) in [5.74, 6) is -7.14. The van der Waals surface area contributed by atoms with Gasteiger partial charge in [0.2, 0.25) is 0 Å². The molecule has 3 aliphatic carbocycles. The standard InChI is InChI=1S/C10H17NO4S.C10H19NO2S.C9H15NO4S.2C9H17NO4S.C8H15NO4S.C7H13NO4S.C6H11NO2S.C5H9NO2S.C5H11NO2S.C4H7NO2S.11CH4/c1-3-11(4-2)10(14)16(15)8(9(12)13)7-5-6-7;1-4-11(5-2)10(12)14(13)8(3)9-6-7-9;1-3-10(4-2)8(13)15(14)9(5-6-9)7(11)12;1-5-10(6-2)8(13)15(14)9(3,4)7(11)12;1-4-10(5-2)9(13)15(14)7(3)6-8(11)12;1-4-9(5-2)8(12)14(13)6(3)7(10)11;1-3-8(4-2)7(11)13(12)5-6(9)10;1-10(9)6(8)7-4-2-3-5-7;1-9(8)5(7)6-3-2-4-6;1-4-6(2)5(7)9(3)8;1-8(7)4(6)5-2-3-5;;;;;;;;;;;/h7-8H,3-6H2,1-2H3,(H,12,13);8-9H,4-7H2,1-3H3;3-6H2,1-2H3,(H,11,12);5-6H2,1-4H3,(H,11,12);7H,4-6H2,1-3H3,(H,11,12);6H,4-5H2,1-3H3,(H,10,11);3-5H2,1-2H3,(H,9,10);2-5H2,1H3;2-4H2,1H3;4H2,1-3H3;2-3H2,1H3;11*1H4. The van der Waals surface area contributed by atoms with Gasteiger partial charge in [0.15, 0.2) is 4.75 Å². The van der Waals surface area contributed by atoms with Crippen molar-refractivity contribution in [2.45, 2.75) is 315 Å². The van der Waals surface area contributed by atoms with Crippen LogP contribution in [0.15, 0.2) is 0 Å². The van der Waals surface area contributed by atoms with E-state index in [-0.39, 0.29) is 125 Å². The van der Waals surface area contributed by atoms with Gasteiger partial charge in [-0.2, -0.15) is 0 Å². The van der Waals surface area contributed by atoms with E-state index in [4.69, 9.17) is 30.6 Å². The van der Waals surface area contributed by atoms with Gasteiger partial charge in [-0.05, 0) is 208 Å². The average Bonchev–Trinajstić information content (AvgIpc) is 1.60. The third-order valence-electron chi connectivity index (χ3n) is 20.6. The summed E-state index contributed by atoms with van der Waals surface area (Å²) in [5.41, 5.74) is 0. The molecule has 6 rings (SSSR count). The Bertz CT molecular complexity index is 4190. The molecular weight excluding hydrogens is 2170 g/mol. The summed E-state index contributed by atoms with van der Waals surface area (Å²) in [6.07, 6.45) is 13.0. The fourth-order valence-corrected chi connectivity index (χ4v) is 21.4. The highest BCUT2D eigenvalue weighted by molar-refractivity contribution is 8.04. The van der Waals surface area contributed by atoms with Gasteiger partial charge < -0.3 is 84.5 Å². The van der Waals surface area contributed by atoms with Crippen molar-refractivity contribution in [2.75, 3.05) is 175 Å². The zero-order valence-electron chi connectivity index (χ0n) is 84.1. The highest BCUT2D eigenvalue weighted by atomic mass is 32.2. The highest BCUT2D eigenvalue weighted by Crippen LogP contribution is 2.43. The van der Waals surface area contributed by atoms with Gasteiger partial charge in [0.25, 0.3) is 0 Å². The number of rotatable bonds is 31. The molecule has 6 aliphatic rings. The Morgan fingerprint density at radius 1 is 0.336 bits per heavy atom. The average molecular weight is 2360 g/mol. The van der Waals surface area contributed by atoms with Crippen molar-refractivity contribution in [2.24, 2.45) is 11.8 Å². The lowest BCUT2D eigenvalue weighted by Crippen LogP contribution is -2.45. The Hall–Kier alpha value is -7.36. The lowest BCUT2D eigenvalue weighted by molar-refractivity contribution is -0.139. The summed E-state index contributed by atoms with van der Waals surface area (Å²) >= 11 is 0. The van der Waals surface area contributed by atoms with Gasteiger partial charge in [0.1, 0.15) is 140 Å². The van der Waals surface area contributed by atoms with Gasteiger partial charge >= 0.3 is 93.4 Å². The monoisotopic (exact) mass is 2360 g/mol. The van der Waals surface area contributed by atoms with Crippen LogP contribution in [0, 0.1) is 11.8 Å². The molecule has 149 heavy (non-hydrogen) atoms. The number of hydrogen-bond acceptors (Lipinski definition) is 28. The van der Waals surface area contributed by atoms with E-state index in [1.807, 2.05) is 27.7 Å². The molecule has 3 aliphatic heterocycles. The molecule has 15 unspecified atom stereocenters. The van der Waals surface area contributed by atoms with Crippen molar-refractivity contribution >= 4 is 212 Å². The number of aliphatic carboxylic acids is 6. The molecule has 0 radical (unpaired) electrons. The fourth-order valence-electron chi connectivity index (χ4n) is 10.6. The van der Waals surface area contributed by atoms with Crippen LogP contribution < -0.4 is 0 Å². The molecule has 3 saturated heterocycles. The molecule has 11 amide bonds. The molecular formula is C93H195N11O34S11. The molecule has 6 N–H and O–H groups in total. The molecule has 892 valence electrons. The van der Waals surface area contributed by atoms with Crippen LogP contribution in [0.1, 0.15) is 284 Å². The van der Waals surface area contributed by atoms with E-state index < -0.39 is 217 Å². The normalized spacial score (nSPS) is 15.6. The van der Waals surface area contributed by atoms with Crippen LogP contribution >= 0.6 is 0 Å². The first-order valence-electron chi connectivity index (χ1n) is 44.7. The molecule has 0 aromatic carbocycles. The van der Waals surface area contributed by atoms with Crippen molar-refractivity contribution in [3.63, 3.8) is 0 Å². The van der Waals surface area contributed by atoms with Crippen LogP contribution in [0.4, 0.5) is 52.7 Å². The second-order valence-electron chi connectivity index (χ2n) is 30.7. The lowest BCUT2D eigenvalue weighted by atomic mass is 10.2. The number of carboxylic acid groups (broad SMARTS) is 6. The Morgan fingerprint density at radius 3 is 0.846 bits per heavy atom. The van der Waals surface area contributed by atoms with Crippen molar-refractivity contribution in [1.82, 2.24) is 53.9 Å². The fraction of sp³-hybridized carbons (Fsp3) is 0.817. The van der Waals surface area contributed by atoms with Crippen molar-refractivity contribution in [3.05, 3.63) is 0 Å². The SMILES string of the molecule is C.C.C.C.C.C.C.C.C.C.C.CCN(C)C(=O)S(C)=O.CCN(CC)C(=O)S(=O)C(C(=O)O)C1CC1.CCN(CC)C(=O)S(=O)C(C)(C)C(=O)O.CCN(CC)C(=O)S(=O)C(C)C(=O)O.CCN(CC)C(=O)S(=O)C(C)C1CC1.CCN(CC)C(=O)S(=O)C(C)CC(=O)O.CCN(CC)C(=O)S(=O)C1(C(=O)O)CC1.CCN(CC)C(=O)S(=O)CC(=O)O.CS(=O)C(=O)N1CC1.CS(=O)C(=O)N1CCC1.CS(=O)C(=O)N1CCCC1. The van der Waals surface area contributed by atoms with Crippen LogP contribution in [0.25, 0.3) is 0 Å². The number of carbonyl (C=O) groups is 17. The predicted octanol–water partition coefficient (Wildman–Crippen LogP) is 14.9. The van der Waals surface area contributed by atoms with Gasteiger partial charge in [-0.15, -0.1) is 0 Å². The molecule has 0 aromatic heterocycles. The zero-order chi connectivity index (χ0) is 109. The summed E-state index contributed by atoms with van der Waals surface area (Å²) in [6.45, 7) is 46.2. The summed E-state index contributed by atoms with van der Waals surface area (Å²) in [6, 6.07) is 0. The number of carbonyl (C=O) groups excluding carboxylic acids is 11. The van der Waals surface area contributed by atoms with Crippen molar-refractivity contribution in [1.29, 1.82) is 0 Å². The maximum atomic E-state index is 11.9. The second-order valence-corrected chi connectivity index (χ2v) is 47.2. The first-order chi connectivity index (χ1) is 64.1. The van der Waals surface area contributed by atoms with Gasteiger partial charge in [0.05, 0.1) is 11.7 Å². The minimum atomic E-state index is -2.05. The molecule has 0 spiro atoms. The molecule has 15 atom stereocenters. The first kappa shape index (κ1) is 177. The van der Waals surface area contributed by atoms with Crippen molar-refractivity contribution in [3.8, 4) is 0 Å². The van der Waals surface area contributed by atoms with Gasteiger partial charge in [-0.3, -0.25) is 81.5 Å². The van der Waals surface area contributed by atoms with Crippen LogP contribution in [-0.2, 0) is 148 Å². The molecule has 0 bridgehead atoms. The van der Waals surface area contributed by atoms with E-state index in [0.29, 0.717) is 117 Å². The van der Waals surface area contributed by atoms with Crippen LogP contribution in [0.2, 0.25) is 0 Å². The third-order valence-corrected chi connectivity index (χ3v) is 34.6. The van der Waals surface area contributed by atoms with E-state index in [0.717, 1.165) is 84.2 Å². The summed E-state index contributed by atoms with van der Waals surface area (Å²) in [4.78, 5) is 204. The quantitative estimate of drug-likeness (QED) is 0.0351. The zero-order valence-corrected chi connectivity index (χ0v) is 93.1. The number of nitrogens with zero attached hydrogens (tertiary/aromatic N) is 11. The number of likely N-dealkylation sites (tertiary alicyclic amines) is 2. The van der Waals surface area contributed by atoms with Gasteiger partial charge in [-0.25, -0.2) is 46.3 Å². The Balaban J connectivity index is -0.0000000931. The highest BCUT2D eigenvalue weighted by Gasteiger charge is 2.59. The Labute approximate surface area is 919 Å². The summed E-state index contributed by atoms with van der Waals surface area (Å²) < 4.78 is 120. The maximum Gasteiger partial charge on any atom is 0.323 e. The maximum absolute atomic E-state index is 11.9. The first-order valence-corrected chi connectivity index (χ1v) is 59.5. The molecule has 45 nitrogen and oxygen atoms in total. The van der Waals surface area contributed by atoms with E-state index in [9.17, 15) is 128 Å². The Morgan fingerprint density at radius 2 is 0.617 bits per heavy atom. The molecule has 3 heterocycles. The minimum Gasteiger partial charge on any atom is -0.481 e. The Kier molecular flexibility index (Phi) is 111. The van der Waals surface area contributed by atoms with Crippen molar-refractivity contribution < 1.29 is 158 Å². The molecule has 3 saturated carbocycles. The number of amides is 11. The molecule has 56 heteroatoms. The third kappa shape index (κ3) is 66.5. The summed E-state index contributed by atoms with van der Waals surface area (Å²) in [7, 11) is -16.6.